The SMILES string of the molecule is CS(=O)(=O)N1CCN(c2ccccc2NC(=S)NC(=O)c2cccc(I)c2)CC1. The number of nitrogens with zero attached hydrogens (tertiary/aromatic N) is 2. The van der Waals surface area contributed by atoms with Crippen LogP contribution in [0.2, 0.25) is 0 Å². The maximum atomic E-state index is 12.4. The minimum absolute atomic E-state index is 0.205. The van der Waals surface area contributed by atoms with Crippen LogP contribution < -0.4 is 15.5 Å². The number of piperazine rings is 1. The number of anilines is 2. The van der Waals surface area contributed by atoms with E-state index in [1.165, 1.54) is 10.6 Å². The zero-order chi connectivity index (χ0) is 21.0. The molecule has 2 N–H and O–H groups in total. The summed E-state index contributed by atoms with van der Waals surface area (Å²) in [5, 5.41) is 5.99. The first kappa shape index (κ1) is 21.9. The summed E-state index contributed by atoms with van der Waals surface area (Å²) in [5.74, 6) is -0.278. The van der Waals surface area contributed by atoms with Gasteiger partial charge in [-0.05, 0) is 65.1 Å². The van der Waals surface area contributed by atoms with Gasteiger partial charge in [0.15, 0.2) is 5.11 Å². The summed E-state index contributed by atoms with van der Waals surface area (Å²) in [6.07, 6.45) is 1.23. The van der Waals surface area contributed by atoms with Crippen molar-refractivity contribution in [3.05, 3.63) is 57.7 Å². The quantitative estimate of drug-likeness (QED) is 0.455. The number of hydrogen-bond donors (Lipinski definition) is 2. The van der Waals surface area contributed by atoms with Gasteiger partial charge in [-0.25, -0.2) is 8.42 Å². The summed E-state index contributed by atoms with van der Waals surface area (Å²) in [7, 11) is -3.18. The van der Waals surface area contributed by atoms with Crippen LogP contribution in [0.25, 0.3) is 0 Å². The van der Waals surface area contributed by atoms with Gasteiger partial charge in [-0.2, -0.15) is 4.31 Å². The molecular formula is C19H21IN4O3S2. The molecule has 1 amide bonds. The van der Waals surface area contributed by atoms with E-state index in [1.807, 2.05) is 36.4 Å². The van der Waals surface area contributed by atoms with E-state index < -0.39 is 10.0 Å². The van der Waals surface area contributed by atoms with Crippen LogP contribution in [0.3, 0.4) is 0 Å². The van der Waals surface area contributed by atoms with Crippen LogP contribution in [0.5, 0.6) is 0 Å². The highest BCUT2D eigenvalue weighted by atomic mass is 127. The van der Waals surface area contributed by atoms with Gasteiger partial charge < -0.3 is 10.2 Å². The van der Waals surface area contributed by atoms with Crippen molar-refractivity contribution in [2.24, 2.45) is 0 Å². The number of para-hydroxylation sites is 2. The van der Waals surface area contributed by atoms with Gasteiger partial charge in [0, 0.05) is 35.3 Å². The lowest BCUT2D eigenvalue weighted by atomic mass is 10.2. The smallest absolute Gasteiger partial charge is 0.257 e. The first-order chi connectivity index (χ1) is 13.7. The van der Waals surface area contributed by atoms with E-state index in [0.717, 1.165) is 14.9 Å². The number of thiocarbonyl (C=S) groups is 1. The Morgan fingerprint density at radius 2 is 1.76 bits per heavy atom. The highest BCUT2D eigenvalue weighted by Crippen LogP contribution is 2.27. The lowest BCUT2D eigenvalue weighted by Crippen LogP contribution is -2.48. The molecule has 154 valence electrons. The second-order valence-corrected chi connectivity index (χ2v) is 10.2. The Labute approximate surface area is 189 Å². The fourth-order valence-corrected chi connectivity index (χ4v) is 4.65. The normalized spacial score (nSPS) is 15.0. The molecule has 29 heavy (non-hydrogen) atoms. The van der Waals surface area contributed by atoms with Gasteiger partial charge in [-0.1, -0.05) is 18.2 Å². The molecule has 2 aromatic carbocycles. The predicted molar refractivity (Wildman–Crippen MR) is 128 cm³/mol. The number of carbonyl (C=O) groups excluding carboxylic acids is 1. The van der Waals surface area contributed by atoms with Gasteiger partial charge >= 0.3 is 0 Å². The van der Waals surface area contributed by atoms with Crippen LogP contribution in [0, 0.1) is 3.57 Å². The molecule has 0 aromatic heterocycles. The standard InChI is InChI=1S/C19H21IN4O3S2/c1-29(26,27)24-11-9-23(10-12-24)17-8-3-2-7-16(17)21-19(28)22-18(25)14-5-4-6-15(20)13-14/h2-8,13H,9-12H2,1H3,(H2,21,22,25,28). The monoisotopic (exact) mass is 544 g/mol. The van der Waals surface area contributed by atoms with E-state index >= 15 is 0 Å². The first-order valence-corrected chi connectivity index (χ1v) is 12.2. The van der Waals surface area contributed by atoms with Crippen LogP contribution in [0.4, 0.5) is 11.4 Å². The number of rotatable bonds is 4. The Morgan fingerprint density at radius 3 is 2.41 bits per heavy atom. The van der Waals surface area contributed by atoms with Gasteiger partial charge in [0.2, 0.25) is 10.0 Å². The van der Waals surface area contributed by atoms with Crippen molar-refractivity contribution >= 4 is 67.2 Å². The Kier molecular flexibility index (Phi) is 7.09. The molecule has 0 spiro atoms. The molecule has 0 saturated carbocycles. The topological polar surface area (TPSA) is 81.8 Å². The Morgan fingerprint density at radius 1 is 1.07 bits per heavy atom. The van der Waals surface area contributed by atoms with E-state index in [2.05, 4.69) is 38.1 Å². The molecule has 0 unspecified atom stereocenters. The molecule has 0 bridgehead atoms. The number of sulfonamides is 1. The van der Waals surface area contributed by atoms with E-state index in [9.17, 15) is 13.2 Å². The van der Waals surface area contributed by atoms with E-state index in [4.69, 9.17) is 12.2 Å². The molecule has 2 aromatic rings. The number of hydrogen-bond acceptors (Lipinski definition) is 5. The maximum Gasteiger partial charge on any atom is 0.257 e. The highest BCUT2D eigenvalue weighted by Gasteiger charge is 2.24. The minimum Gasteiger partial charge on any atom is -0.367 e. The predicted octanol–water partition coefficient (Wildman–Crippen LogP) is 2.50. The van der Waals surface area contributed by atoms with Crippen LogP contribution in [0.1, 0.15) is 10.4 Å². The van der Waals surface area contributed by atoms with Gasteiger partial charge in [-0.15, -0.1) is 0 Å². The summed E-state index contributed by atoms with van der Waals surface area (Å²) in [6, 6.07) is 14.9. The third-order valence-corrected chi connectivity index (χ3v) is 6.69. The number of nitrogens with one attached hydrogen (secondary N) is 2. The van der Waals surface area contributed by atoms with Gasteiger partial charge in [0.05, 0.1) is 17.6 Å². The summed E-state index contributed by atoms with van der Waals surface area (Å²) < 4.78 is 25.9. The molecule has 10 heteroatoms. The van der Waals surface area contributed by atoms with Crippen molar-refractivity contribution < 1.29 is 13.2 Å². The third-order valence-electron chi connectivity index (χ3n) is 4.51. The molecule has 1 heterocycles. The average molecular weight is 544 g/mol. The van der Waals surface area contributed by atoms with Gasteiger partial charge in [0.1, 0.15) is 0 Å². The van der Waals surface area contributed by atoms with E-state index in [1.54, 1.807) is 12.1 Å². The molecule has 0 radical (unpaired) electrons. The number of carbonyl (C=O) groups is 1. The summed E-state index contributed by atoms with van der Waals surface area (Å²) >= 11 is 7.47. The Bertz CT molecular complexity index is 1020. The van der Waals surface area contributed by atoms with Crippen molar-refractivity contribution in [1.82, 2.24) is 9.62 Å². The van der Waals surface area contributed by atoms with Crippen LogP contribution in [-0.2, 0) is 10.0 Å². The molecule has 3 rings (SSSR count). The fourth-order valence-electron chi connectivity index (χ4n) is 3.07. The number of benzene rings is 2. The molecule has 1 saturated heterocycles. The molecule has 0 atom stereocenters. The van der Waals surface area contributed by atoms with Crippen molar-refractivity contribution in [3.8, 4) is 0 Å². The number of halogens is 1. The average Bonchev–Trinajstić information content (AvgIpc) is 2.68. The molecule has 7 nitrogen and oxygen atoms in total. The second-order valence-electron chi connectivity index (χ2n) is 6.58. The number of amides is 1. The van der Waals surface area contributed by atoms with Crippen LogP contribution in [-0.4, -0.2) is 56.2 Å². The van der Waals surface area contributed by atoms with Crippen LogP contribution >= 0.6 is 34.8 Å². The van der Waals surface area contributed by atoms with Gasteiger partial charge in [-0.3, -0.25) is 10.1 Å². The van der Waals surface area contributed by atoms with Crippen LogP contribution in [0.15, 0.2) is 48.5 Å². The molecule has 1 fully saturated rings. The Balaban J connectivity index is 1.66. The molecule has 1 aliphatic heterocycles. The lowest BCUT2D eigenvalue weighted by Gasteiger charge is -2.35. The van der Waals surface area contributed by atoms with E-state index in [0.29, 0.717) is 31.7 Å². The summed E-state index contributed by atoms with van der Waals surface area (Å²) in [4.78, 5) is 14.5. The largest absolute Gasteiger partial charge is 0.367 e. The van der Waals surface area contributed by atoms with Crippen molar-refractivity contribution in [2.45, 2.75) is 0 Å². The molecule has 0 aliphatic carbocycles. The fraction of sp³-hybridized carbons (Fsp3) is 0.263. The van der Waals surface area contributed by atoms with Crippen molar-refractivity contribution in [1.29, 1.82) is 0 Å². The molecular weight excluding hydrogens is 523 g/mol. The zero-order valence-corrected chi connectivity index (χ0v) is 19.6. The summed E-state index contributed by atoms with van der Waals surface area (Å²) in [6.45, 7) is 2.02. The lowest BCUT2D eigenvalue weighted by molar-refractivity contribution is 0.0977. The molecule has 1 aliphatic rings. The van der Waals surface area contributed by atoms with E-state index in [-0.39, 0.29) is 11.0 Å². The Hall–Kier alpha value is -1.76. The second kappa shape index (κ2) is 9.37. The maximum absolute atomic E-state index is 12.4. The highest BCUT2D eigenvalue weighted by molar-refractivity contribution is 14.1. The summed E-state index contributed by atoms with van der Waals surface area (Å²) in [5.41, 5.74) is 2.20. The first-order valence-electron chi connectivity index (χ1n) is 8.91. The van der Waals surface area contributed by atoms with Gasteiger partial charge in [0.25, 0.3) is 5.91 Å². The third kappa shape index (κ3) is 5.87. The zero-order valence-electron chi connectivity index (χ0n) is 15.8. The minimum atomic E-state index is -3.18. The van der Waals surface area contributed by atoms with Crippen molar-refractivity contribution in [2.75, 3.05) is 42.7 Å². The van der Waals surface area contributed by atoms with Crippen molar-refractivity contribution in [3.63, 3.8) is 0 Å².